The lowest BCUT2D eigenvalue weighted by Crippen LogP contribution is -2.52. The second kappa shape index (κ2) is 4.27. The predicted molar refractivity (Wildman–Crippen MR) is 63.1 cm³/mol. The number of carbonyl (C=O) groups is 3. The van der Waals surface area contributed by atoms with Crippen LogP contribution in [0.3, 0.4) is 0 Å². The summed E-state index contributed by atoms with van der Waals surface area (Å²) in [6.45, 7) is 0.211. The molecular weight excluding hydrogens is 272 g/mol. The van der Waals surface area contributed by atoms with Crippen molar-refractivity contribution in [2.45, 2.75) is 25.4 Å². The predicted octanol–water partition coefficient (Wildman–Crippen LogP) is -0.109. The van der Waals surface area contributed by atoms with Gasteiger partial charge >= 0.3 is 0 Å². The van der Waals surface area contributed by atoms with Gasteiger partial charge in [-0.25, -0.2) is 9.97 Å². The summed E-state index contributed by atoms with van der Waals surface area (Å²) < 4.78 is 0. The van der Waals surface area contributed by atoms with Crippen LogP contribution in [0.5, 0.6) is 0 Å². The molecule has 1 fully saturated rings. The number of aromatic nitrogens is 2. The van der Waals surface area contributed by atoms with Crippen LogP contribution in [0.15, 0.2) is 6.20 Å². The Labute approximate surface area is 113 Å². The van der Waals surface area contributed by atoms with Crippen LogP contribution in [0.25, 0.3) is 0 Å². The van der Waals surface area contributed by atoms with Crippen molar-refractivity contribution in [3.05, 3.63) is 22.7 Å². The van der Waals surface area contributed by atoms with Crippen LogP contribution >= 0.6 is 11.6 Å². The molecule has 0 saturated carbocycles. The van der Waals surface area contributed by atoms with Crippen molar-refractivity contribution in [1.82, 2.24) is 20.2 Å². The molecule has 1 atom stereocenters. The number of nitrogens with one attached hydrogen (secondary N) is 1. The fourth-order valence-corrected chi connectivity index (χ4v) is 2.46. The lowest BCUT2D eigenvalue weighted by molar-refractivity contribution is -0.136. The van der Waals surface area contributed by atoms with E-state index >= 15 is 0 Å². The molecule has 7 nitrogen and oxygen atoms in total. The maximum absolute atomic E-state index is 12.2. The minimum absolute atomic E-state index is 0.0664. The first-order valence-corrected chi connectivity index (χ1v) is 6.10. The number of imide groups is 1. The number of nitrogens with zero attached hydrogens (tertiary/aromatic N) is 3. The molecule has 1 aromatic heterocycles. The van der Waals surface area contributed by atoms with Crippen molar-refractivity contribution >= 4 is 29.3 Å². The number of carbonyl (C=O) groups excluding carboxylic acids is 3. The van der Waals surface area contributed by atoms with Crippen molar-refractivity contribution < 1.29 is 14.4 Å². The molecule has 3 rings (SSSR count). The van der Waals surface area contributed by atoms with Crippen LogP contribution in [0.1, 0.15) is 28.9 Å². The number of rotatable bonds is 1. The second-order valence-electron chi connectivity index (χ2n) is 4.40. The summed E-state index contributed by atoms with van der Waals surface area (Å²) in [7, 11) is 0. The molecule has 0 bridgehead atoms. The number of halogens is 1. The molecule has 8 heteroatoms. The van der Waals surface area contributed by atoms with Gasteiger partial charge in [0.25, 0.3) is 5.91 Å². The summed E-state index contributed by atoms with van der Waals surface area (Å²) in [5, 5.41) is 2.30. The largest absolute Gasteiger partial charge is 0.321 e. The van der Waals surface area contributed by atoms with Gasteiger partial charge in [-0.1, -0.05) is 0 Å². The summed E-state index contributed by atoms with van der Waals surface area (Å²) in [5.74, 6) is -1.06. The first-order valence-electron chi connectivity index (χ1n) is 5.72. The molecule has 1 N–H and O–H groups in total. The molecule has 1 unspecified atom stereocenters. The molecule has 1 aromatic rings. The molecule has 2 aliphatic heterocycles. The number of hydrogen-bond donors (Lipinski definition) is 1. The zero-order valence-corrected chi connectivity index (χ0v) is 10.5. The van der Waals surface area contributed by atoms with Gasteiger partial charge < -0.3 is 4.90 Å². The maximum Gasteiger partial charge on any atom is 0.258 e. The zero-order valence-electron chi connectivity index (χ0n) is 9.72. The molecule has 0 spiro atoms. The van der Waals surface area contributed by atoms with Gasteiger partial charge in [-0.05, 0) is 18.0 Å². The van der Waals surface area contributed by atoms with Gasteiger partial charge in [0.1, 0.15) is 6.04 Å². The van der Waals surface area contributed by atoms with E-state index in [0.29, 0.717) is 17.7 Å². The molecule has 98 valence electrons. The minimum atomic E-state index is -0.641. The molecule has 0 radical (unpaired) electrons. The average molecular weight is 281 g/mol. The third-order valence-corrected chi connectivity index (χ3v) is 3.42. The highest BCUT2D eigenvalue weighted by molar-refractivity contribution is 6.28. The van der Waals surface area contributed by atoms with E-state index in [9.17, 15) is 14.4 Å². The van der Waals surface area contributed by atoms with Crippen molar-refractivity contribution in [2.75, 3.05) is 0 Å². The van der Waals surface area contributed by atoms with E-state index in [-0.39, 0.29) is 30.1 Å². The van der Waals surface area contributed by atoms with Crippen LogP contribution in [-0.2, 0) is 16.1 Å². The fourth-order valence-electron chi connectivity index (χ4n) is 2.31. The van der Waals surface area contributed by atoms with Crippen LogP contribution in [0, 0.1) is 0 Å². The quantitative estimate of drug-likeness (QED) is 0.572. The van der Waals surface area contributed by atoms with E-state index in [0.717, 1.165) is 0 Å². The molecule has 0 aromatic carbocycles. The lowest BCUT2D eigenvalue weighted by Gasteiger charge is -2.29. The van der Waals surface area contributed by atoms with Gasteiger partial charge in [-0.2, -0.15) is 0 Å². The van der Waals surface area contributed by atoms with E-state index in [2.05, 4.69) is 15.3 Å². The van der Waals surface area contributed by atoms with Gasteiger partial charge in [-0.15, -0.1) is 0 Å². The highest BCUT2D eigenvalue weighted by Gasteiger charge is 2.39. The van der Waals surface area contributed by atoms with E-state index in [1.54, 1.807) is 0 Å². The monoisotopic (exact) mass is 280 g/mol. The Morgan fingerprint density at radius 1 is 1.37 bits per heavy atom. The van der Waals surface area contributed by atoms with E-state index in [1.807, 2.05) is 0 Å². The number of fused-ring (bicyclic) bond motifs is 1. The number of piperidine rings is 1. The third kappa shape index (κ3) is 1.95. The Morgan fingerprint density at radius 3 is 2.89 bits per heavy atom. The van der Waals surface area contributed by atoms with E-state index in [4.69, 9.17) is 11.6 Å². The summed E-state index contributed by atoms with van der Waals surface area (Å²) >= 11 is 5.68. The van der Waals surface area contributed by atoms with Crippen LogP contribution in [-0.4, -0.2) is 38.6 Å². The first-order chi connectivity index (χ1) is 9.06. The molecular formula is C11H9ClN4O3. The smallest absolute Gasteiger partial charge is 0.258 e. The molecule has 0 aliphatic carbocycles. The summed E-state index contributed by atoms with van der Waals surface area (Å²) in [5.41, 5.74) is 0.865. The van der Waals surface area contributed by atoms with Crippen LogP contribution < -0.4 is 5.32 Å². The molecule has 1 saturated heterocycles. The van der Waals surface area contributed by atoms with Crippen molar-refractivity contribution in [3.8, 4) is 0 Å². The zero-order chi connectivity index (χ0) is 13.6. The standard InChI is InChI=1S/C11H9ClN4O3/c12-11-13-3-5-6(14-11)4-16(10(5)19)7-1-2-8(17)15-9(7)18/h3,7H,1-2,4H2,(H,15,17,18). The number of amides is 3. The summed E-state index contributed by atoms with van der Waals surface area (Å²) in [4.78, 5) is 44.2. The van der Waals surface area contributed by atoms with Gasteiger partial charge in [0.15, 0.2) is 0 Å². The van der Waals surface area contributed by atoms with E-state index < -0.39 is 11.9 Å². The van der Waals surface area contributed by atoms with Crippen molar-refractivity contribution in [2.24, 2.45) is 0 Å². The van der Waals surface area contributed by atoms with Crippen LogP contribution in [0.2, 0.25) is 5.28 Å². The Morgan fingerprint density at radius 2 is 2.16 bits per heavy atom. The van der Waals surface area contributed by atoms with Gasteiger partial charge in [0.05, 0.1) is 17.8 Å². The van der Waals surface area contributed by atoms with Gasteiger partial charge in [-0.3, -0.25) is 19.7 Å². The van der Waals surface area contributed by atoms with Gasteiger partial charge in [0.2, 0.25) is 17.1 Å². The highest BCUT2D eigenvalue weighted by atomic mass is 35.5. The van der Waals surface area contributed by atoms with Crippen LogP contribution in [0.4, 0.5) is 0 Å². The maximum atomic E-state index is 12.2. The van der Waals surface area contributed by atoms with Crippen molar-refractivity contribution in [3.63, 3.8) is 0 Å². The molecule has 2 aliphatic rings. The summed E-state index contributed by atoms with van der Waals surface area (Å²) in [6.07, 6.45) is 1.91. The van der Waals surface area contributed by atoms with Crippen molar-refractivity contribution in [1.29, 1.82) is 0 Å². The molecule has 3 heterocycles. The first kappa shape index (κ1) is 12.0. The Kier molecular flexibility index (Phi) is 2.70. The van der Waals surface area contributed by atoms with E-state index in [1.165, 1.54) is 11.1 Å². The Hall–Kier alpha value is -2.02. The SMILES string of the molecule is O=C1CCC(N2Cc3nc(Cl)ncc3C2=O)C(=O)N1. The second-order valence-corrected chi connectivity index (χ2v) is 4.74. The highest BCUT2D eigenvalue weighted by Crippen LogP contribution is 2.26. The molecule has 3 amide bonds. The third-order valence-electron chi connectivity index (χ3n) is 3.24. The normalized spacial score (nSPS) is 22.5. The summed E-state index contributed by atoms with van der Waals surface area (Å²) in [6, 6.07) is -0.641. The molecule has 19 heavy (non-hydrogen) atoms. The topological polar surface area (TPSA) is 92.3 Å². The number of hydrogen-bond acceptors (Lipinski definition) is 5. The fraction of sp³-hybridized carbons (Fsp3) is 0.364. The average Bonchev–Trinajstić information content (AvgIpc) is 2.66. The van der Waals surface area contributed by atoms with Gasteiger partial charge in [0, 0.05) is 12.6 Å². The minimum Gasteiger partial charge on any atom is -0.321 e. The Bertz CT molecular complexity index is 604. The Balaban J connectivity index is 1.87. The lowest BCUT2D eigenvalue weighted by atomic mass is 10.0.